The number of aryl methyl sites for hydroxylation is 1. The molecule has 0 amide bonds. The highest BCUT2D eigenvalue weighted by Gasteiger charge is 2.17. The number of hydrogen-bond acceptors (Lipinski definition) is 4. The van der Waals surface area contributed by atoms with Gasteiger partial charge in [0.2, 0.25) is 0 Å². The summed E-state index contributed by atoms with van der Waals surface area (Å²) in [6.07, 6.45) is 0. The first kappa shape index (κ1) is 11.7. The lowest BCUT2D eigenvalue weighted by Crippen LogP contribution is -2.32. The second-order valence-electron chi connectivity index (χ2n) is 3.42. The fourth-order valence-corrected chi connectivity index (χ4v) is 2.63. The third kappa shape index (κ3) is 2.54. The first-order chi connectivity index (χ1) is 6.70. The molecule has 0 spiro atoms. The second-order valence-corrected chi connectivity index (χ2v) is 4.37. The van der Waals surface area contributed by atoms with E-state index in [-0.39, 0.29) is 12.6 Å². The van der Waals surface area contributed by atoms with Crippen molar-refractivity contribution in [2.75, 3.05) is 26.7 Å². The summed E-state index contributed by atoms with van der Waals surface area (Å²) < 4.78 is 0. The number of nitrogens with zero attached hydrogens (tertiary/aromatic N) is 1. The first-order valence-electron chi connectivity index (χ1n) is 4.75. The van der Waals surface area contributed by atoms with Crippen LogP contribution in [0.15, 0.2) is 11.4 Å². The Balaban J connectivity index is 2.76. The van der Waals surface area contributed by atoms with Crippen LogP contribution in [-0.4, -0.2) is 36.8 Å². The molecule has 0 radical (unpaired) electrons. The van der Waals surface area contributed by atoms with E-state index in [0.29, 0.717) is 13.1 Å². The van der Waals surface area contributed by atoms with Gasteiger partial charge in [-0.25, -0.2) is 0 Å². The summed E-state index contributed by atoms with van der Waals surface area (Å²) >= 11 is 1.73. The summed E-state index contributed by atoms with van der Waals surface area (Å²) in [5.41, 5.74) is 7.03. The zero-order chi connectivity index (χ0) is 10.6. The van der Waals surface area contributed by atoms with Gasteiger partial charge in [0, 0.05) is 18.0 Å². The van der Waals surface area contributed by atoms with E-state index in [0.717, 1.165) is 0 Å². The fraction of sp³-hybridized carbons (Fsp3) is 0.600. The maximum absolute atomic E-state index is 8.87. The van der Waals surface area contributed by atoms with Gasteiger partial charge >= 0.3 is 0 Å². The van der Waals surface area contributed by atoms with Gasteiger partial charge in [-0.05, 0) is 31.0 Å². The van der Waals surface area contributed by atoms with Crippen molar-refractivity contribution in [2.24, 2.45) is 5.73 Å². The van der Waals surface area contributed by atoms with Gasteiger partial charge in [-0.2, -0.15) is 0 Å². The minimum absolute atomic E-state index is 0.178. The largest absolute Gasteiger partial charge is 0.395 e. The summed E-state index contributed by atoms with van der Waals surface area (Å²) in [5, 5.41) is 11.0. The molecular weight excluding hydrogens is 196 g/mol. The average molecular weight is 214 g/mol. The van der Waals surface area contributed by atoms with E-state index in [1.807, 2.05) is 7.05 Å². The Morgan fingerprint density at radius 3 is 2.79 bits per heavy atom. The monoisotopic (exact) mass is 214 g/mol. The highest BCUT2D eigenvalue weighted by Crippen LogP contribution is 2.26. The molecule has 1 unspecified atom stereocenters. The molecule has 1 rings (SSSR count). The molecule has 0 aliphatic heterocycles. The van der Waals surface area contributed by atoms with Gasteiger partial charge < -0.3 is 10.8 Å². The van der Waals surface area contributed by atoms with Gasteiger partial charge in [0.05, 0.1) is 12.6 Å². The summed E-state index contributed by atoms with van der Waals surface area (Å²) in [4.78, 5) is 3.40. The lowest BCUT2D eigenvalue weighted by molar-refractivity contribution is 0.185. The van der Waals surface area contributed by atoms with E-state index in [2.05, 4.69) is 23.3 Å². The quantitative estimate of drug-likeness (QED) is 0.768. The lowest BCUT2D eigenvalue weighted by atomic mass is 10.1. The minimum atomic E-state index is 0.178. The van der Waals surface area contributed by atoms with Crippen LogP contribution < -0.4 is 5.73 Å². The number of nitrogens with two attached hydrogens (primary N) is 1. The molecule has 1 heterocycles. The molecule has 4 heteroatoms. The molecule has 0 fully saturated rings. The van der Waals surface area contributed by atoms with Crippen LogP contribution in [0, 0.1) is 6.92 Å². The summed E-state index contributed by atoms with van der Waals surface area (Å²) in [7, 11) is 1.99. The van der Waals surface area contributed by atoms with Crippen molar-refractivity contribution in [3.63, 3.8) is 0 Å². The number of hydrogen-bond donors (Lipinski definition) is 2. The predicted molar refractivity (Wildman–Crippen MR) is 60.6 cm³/mol. The molecule has 3 N–H and O–H groups in total. The minimum Gasteiger partial charge on any atom is -0.395 e. The van der Waals surface area contributed by atoms with Crippen molar-refractivity contribution in [1.82, 2.24) is 4.90 Å². The zero-order valence-corrected chi connectivity index (χ0v) is 9.55. The maximum atomic E-state index is 8.87. The number of aliphatic hydroxyl groups excluding tert-OH is 1. The normalized spacial score (nSPS) is 13.5. The van der Waals surface area contributed by atoms with Crippen molar-refractivity contribution in [2.45, 2.75) is 13.0 Å². The predicted octanol–water partition coefficient (Wildman–Crippen LogP) is 0.980. The molecule has 80 valence electrons. The summed E-state index contributed by atoms with van der Waals surface area (Å²) in [5.74, 6) is 0. The number of rotatable bonds is 5. The van der Waals surface area contributed by atoms with Crippen molar-refractivity contribution in [3.05, 3.63) is 21.9 Å². The van der Waals surface area contributed by atoms with Crippen LogP contribution in [0.1, 0.15) is 16.5 Å². The molecule has 1 aromatic rings. The Hall–Kier alpha value is -0.420. The molecule has 0 aliphatic rings. The lowest BCUT2D eigenvalue weighted by Gasteiger charge is -2.25. The highest BCUT2D eigenvalue weighted by atomic mass is 32.1. The Morgan fingerprint density at radius 2 is 2.36 bits per heavy atom. The molecule has 0 bridgehead atoms. The SMILES string of the molecule is Cc1ccsc1C(CN)N(C)CCO. The van der Waals surface area contributed by atoms with Gasteiger partial charge in [-0.1, -0.05) is 0 Å². The Morgan fingerprint density at radius 1 is 1.64 bits per heavy atom. The molecule has 0 aromatic carbocycles. The topological polar surface area (TPSA) is 49.5 Å². The van der Waals surface area contributed by atoms with Crippen LogP contribution in [0.2, 0.25) is 0 Å². The van der Waals surface area contributed by atoms with Crippen LogP contribution >= 0.6 is 11.3 Å². The van der Waals surface area contributed by atoms with Crippen LogP contribution in [0.5, 0.6) is 0 Å². The molecule has 0 saturated carbocycles. The van der Waals surface area contributed by atoms with Gasteiger partial charge in [0.15, 0.2) is 0 Å². The Kier molecular flexibility index (Phi) is 4.54. The van der Waals surface area contributed by atoms with Gasteiger partial charge in [0.1, 0.15) is 0 Å². The molecule has 0 aliphatic carbocycles. The third-order valence-electron chi connectivity index (χ3n) is 2.41. The van der Waals surface area contributed by atoms with Gasteiger partial charge in [-0.3, -0.25) is 4.90 Å². The van der Waals surface area contributed by atoms with Gasteiger partial charge in [-0.15, -0.1) is 11.3 Å². The maximum Gasteiger partial charge on any atom is 0.0565 e. The Labute approximate surface area is 89.2 Å². The third-order valence-corrected chi connectivity index (χ3v) is 3.53. The zero-order valence-electron chi connectivity index (χ0n) is 8.73. The van der Waals surface area contributed by atoms with Gasteiger partial charge in [0.25, 0.3) is 0 Å². The average Bonchev–Trinajstić information content (AvgIpc) is 2.54. The number of aliphatic hydroxyl groups is 1. The molecular formula is C10H18N2OS. The van der Waals surface area contributed by atoms with Crippen LogP contribution in [-0.2, 0) is 0 Å². The molecule has 3 nitrogen and oxygen atoms in total. The fourth-order valence-electron chi connectivity index (χ4n) is 1.53. The molecule has 1 aromatic heterocycles. The molecule has 14 heavy (non-hydrogen) atoms. The first-order valence-corrected chi connectivity index (χ1v) is 5.63. The van der Waals surface area contributed by atoms with E-state index in [9.17, 15) is 0 Å². The van der Waals surface area contributed by atoms with Crippen molar-refractivity contribution < 1.29 is 5.11 Å². The van der Waals surface area contributed by atoms with E-state index < -0.39 is 0 Å². The Bertz CT molecular complexity index is 275. The van der Waals surface area contributed by atoms with Crippen LogP contribution in [0.3, 0.4) is 0 Å². The highest BCUT2D eigenvalue weighted by molar-refractivity contribution is 7.10. The van der Waals surface area contributed by atoms with E-state index in [1.165, 1.54) is 10.4 Å². The van der Waals surface area contributed by atoms with Crippen LogP contribution in [0.4, 0.5) is 0 Å². The summed E-state index contributed by atoms with van der Waals surface area (Å²) in [6.45, 7) is 3.54. The van der Waals surface area contributed by atoms with E-state index in [4.69, 9.17) is 10.8 Å². The van der Waals surface area contributed by atoms with Crippen molar-refractivity contribution in [3.8, 4) is 0 Å². The standard InChI is InChI=1S/C10H18N2OS/c1-8-3-6-14-10(8)9(7-11)12(2)4-5-13/h3,6,9,13H,4-5,7,11H2,1-2H3. The van der Waals surface area contributed by atoms with Crippen LogP contribution in [0.25, 0.3) is 0 Å². The number of thiophene rings is 1. The molecule has 1 atom stereocenters. The smallest absolute Gasteiger partial charge is 0.0565 e. The molecule has 0 saturated heterocycles. The van der Waals surface area contributed by atoms with E-state index >= 15 is 0 Å². The second kappa shape index (κ2) is 5.46. The van der Waals surface area contributed by atoms with Crippen molar-refractivity contribution >= 4 is 11.3 Å². The number of likely N-dealkylation sites (N-methyl/N-ethyl adjacent to an activating group) is 1. The van der Waals surface area contributed by atoms with E-state index in [1.54, 1.807) is 11.3 Å². The summed E-state index contributed by atoms with van der Waals surface area (Å²) in [6, 6.07) is 2.34. The van der Waals surface area contributed by atoms with Crippen molar-refractivity contribution in [1.29, 1.82) is 0 Å².